The Hall–Kier alpha value is -2.37. The molecular formula is C13H14O6. The minimum absolute atomic E-state index is 0.196. The highest BCUT2D eigenvalue weighted by Crippen LogP contribution is 2.16. The van der Waals surface area contributed by atoms with Crippen molar-refractivity contribution in [2.45, 2.75) is 0 Å². The molecule has 0 saturated carbocycles. The van der Waals surface area contributed by atoms with Gasteiger partial charge in [-0.05, 0) is 24.3 Å². The Morgan fingerprint density at radius 2 is 1.37 bits per heavy atom. The second-order valence-electron chi connectivity index (χ2n) is 3.57. The molecule has 1 aromatic rings. The summed E-state index contributed by atoms with van der Waals surface area (Å²) in [5.41, 5.74) is 0.196. The molecule has 102 valence electrons. The molecule has 6 heteroatoms. The number of carbonyl (C=O) groups excluding carboxylic acids is 3. The fourth-order valence-corrected chi connectivity index (χ4v) is 1.47. The van der Waals surface area contributed by atoms with Gasteiger partial charge in [-0.3, -0.25) is 14.4 Å². The van der Waals surface area contributed by atoms with Crippen LogP contribution in [-0.2, 0) is 19.1 Å². The first-order valence-corrected chi connectivity index (χ1v) is 5.39. The third-order valence-corrected chi connectivity index (χ3v) is 2.51. The van der Waals surface area contributed by atoms with Gasteiger partial charge in [-0.1, -0.05) is 0 Å². The molecule has 19 heavy (non-hydrogen) atoms. The molecule has 0 aliphatic heterocycles. The first-order valence-electron chi connectivity index (χ1n) is 5.39. The van der Waals surface area contributed by atoms with E-state index in [1.54, 1.807) is 12.1 Å². The summed E-state index contributed by atoms with van der Waals surface area (Å²) >= 11 is 0. The SMILES string of the molecule is COC(=O)C(C(=O)OC)C(=O)c1ccc(OC)cc1. The van der Waals surface area contributed by atoms with Crippen LogP contribution in [0, 0.1) is 5.92 Å². The minimum Gasteiger partial charge on any atom is -0.497 e. The van der Waals surface area contributed by atoms with Crippen molar-refractivity contribution < 1.29 is 28.6 Å². The summed E-state index contributed by atoms with van der Waals surface area (Å²) in [6, 6.07) is 6.03. The van der Waals surface area contributed by atoms with Crippen LogP contribution >= 0.6 is 0 Å². The van der Waals surface area contributed by atoms with E-state index < -0.39 is 23.6 Å². The Morgan fingerprint density at radius 3 is 1.74 bits per heavy atom. The summed E-state index contributed by atoms with van der Waals surface area (Å²) in [5.74, 6) is -3.63. The van der Waals surface area contributed by atoms with Gasteiger partial charge in [0.05, 0.1) is 21.3 Å². The normalized spacial score (nSPS) is 9.89. The number of Topliss-reactive ketones (excluding diaryl/α,β-unsaturated/α-hetero) is 1. The van der Waals surface area contributed by atoms with Crippen molar-refractivity contribution in [2.75, 3.05) is 21.3 Å². The summed E-state index contributed by atoms with van der Waals surface area (Å²) in [4.78, 5) is 35.1. The highest BCUT2D eigenvalue weighted by molar-refractivity contribution is 6.20. The number of methoxy groups -OCH3 is 3. The van der Waals surface area contributed by atoms with Crippen LogP contribution < -0.4 is 4.74 Å². The average molecular weight is 266 g/mol. The number of carbonyl (C=O) groups is 3. The topological polar surface area (TPSA) is 78.9 Å². The van der Waals surface area contributed by atoms with Gasteiger partial charge in [0.1, 0.15) is 5.75 Å². The molecule has 0 N–H and O–H groups in total. The van der Waals surface area contributed by atoms with E-state index in [4.69, 9.17) is 4.74 Å². The minimum atomic E-state index is -1.61. The number of esters is 2. The monoisotopic (exact) mass is 266 g/mol. The maximum absolute atomic E-state index is 12.1. The molecule has 0 aliphatic carbocycles. The molecule has 1 aromatic carbocycles. The van der Waals surface area contributed by atoms with Crippen LogP contribution in [0.2, 0.25) is 0 Å². The second kappa shape index (κ2) is 6.53. The Balaban J connectivity index is 3.04. The number of rotatable bonds is 5. The van der Waals surface area contributed by atoms with Crippen molar-refractivity contribution >= 4 is 17.7 Å². The van der Waals surface area contributed by atoms with Gasteiger partial charge in [0.15, 0.2) is 5.78 Å². The van der Waals surface area contributed by atoms with Gasteiger partial charge < -0.3 is 14.2 Å². The van der Waals surface area contributed by atoms with E-state index in [2.05, 4.69) is 9.47 Å². The van der Waals surface area contributed by atoms with Crippen LogP contribution in [0.25, 0.3) is 0 Å². The summed E-state index contributed by atoms with van der Waals surface area (Å²) in [7, 11) is 3.68. The van der Waals surface area contributed by atoms with Crippen LogP contribution in [0.15, 0.2) is 24.3 Å². The summed E-state index contributed by atoms with van der Waals surface area (Å²) in [6.07, 6.45) is 0. The van der Waals surface area contributed by atoms with E-state index >= 15 is 0 Å². The van der Waals surface area contributed by atoms with E-state index in [9.17, 15) is 14.4 Å². The quantitative estimate of drug-likeness (QED) is 0.446. The van der Waals surface area contributed by atoms with E-state index in [1.165, 1.54) is 19.2 Å². The summed E-state index contributed by atoms with van der Waals surface area (Å²) in [6.45, 7) is 0. The van der Waals surface area contributed by atoms with Gasteiger partial charge in [0.2, 0.25) is 5.92 Å². The maximum Gasteiger partial charge on any atom is 0.328 e. The van der Waals surface area contributed by atoms with Gasteiger partial charge in [0, 0.05) is 5.56 Å². The molecule has 0 saturated heterocycles. The highest BCUT2D eigenvalue weighted by atomic mass is 16.5. The van der Waals surface area contributed by atoms with Crippen LogP contribution in [0.1, 0.15) is 10.4 Å². The number of hydrogen-bond donors (Lipinski definition) is 0. The average Bonchev–Trinajstić information content (AvgIpc) is 2.46. The van der Waals surface area contributed by atoms with Crippen LogP contribution in [0.4, 0.5) is 0 Å². The lowest BCUT2D eigenvalue weighted by molar-refractivity contribution is -0.155. The van der Waals surface area contributed by atoms with E-state index in [0.29, 0.717) is 5.75 Å². The molecule has 0 aromatic heterocycles. The molecule has 0 aliphatic rings. The van der Waals surface area contributed by atoms with Gasteiger partial charge in [-0.2, -0.15) is 0 Å². The van der Waals surface area contributed by atoms with Crippen molar-refractivity contribution in [1.82, 2.24) is 0 Å². The molecule has 0 bridgehead atoms. The van der Waals surface area contributed by atoms with Gasteiger partial charge in [0.25, 0.3) is 0 Å². The van der Waals surface area contributed by atoms with Gasteiger partial charge in [-0.25, -0.2) is 0 Å². The third kappa shape index (κ3) is 3.31. The largest absolute Gasteiger partial charge is 0.497 e. The molecule has 0 fully saturated rings. The molecule has 0 unspecified atom stereocenters. The lowest BCUT2D eigenvalue weighted by Gasteiger charge is -2.11. The molecule has 0 amide bonds. The summed E-state index contributed by atoms with van der Waals surface area (Å²) in [5, 5.41) is 0. The molecule has 0 atom stereocenters. The molecule has 0 heterocycles. The van der Waals surface area contributed by atoms with Crippen molar-refractivity contribution in [3.05, 3.63) is 29.8 Å². The van der Waals surface area contributed by atoms with E-state index in [-0.39, 0.29) is 5.56 Å². The first kappa shape index (κ1) is 14.7. The van der Waals surface area contributed by atoms with Gasteiger partial charge >= 0.3 is 11.9 Å². The lowest BCUT2D eigenvalue weighted by atomic mass is 9.97. The Labute approximate surface area is 110 Å². The summed E-state index contributed by atoms with van der Waals surface area (Å²) < 4.78 is 13.8. The Bertz CT molecular complexity index is 460. The Kier molecular flexibility index (Phi) is 5.05. The maximum atomic E-state index is 12.1. The molecule has 1 rings (SSSR count). The predicted octanol–water partition coefficient (Wildman–Crippen LogP) is 0.840. The van der Waals surface area contributed by atoms with Crippen LogP contribution in [-0.4, -0.2) is 39.1 Å². The smallest absolute Gasteiger partial charge is 0.328 e. The van der Waals surface area contributed by atoms with Gasteiger partial charge in [-0.15, -0.1) is 0 Å². The zero-order chi connectivity index (χ0) is 14.4. The zero-order valence-electron chi connectivity index (χ0n) is 10.8. The lowest BCUT2D eigenvalue weighted by Crippen LogP contribution is -2.33. The predicted molar refractivity (Wildman–Crippen MR) is 64.8 cm³/mol. The number of benzene rings is 1. The van der Waals surface area contributed by atoms with Crippen molar-refractivity contribution in [2.24, 2.45) is 5.92 Å². The fourth-order valence-electron chi connectivity index (χ4n) is 1.47. The van der Waals surface area contributed by atoms with Crippen LogP contribution in [0.3, 0.4) is 0 Å². The molecule has 0 radical (unpaired) electrons. The standard InChI is InChI=1S/C13H14O6/c1-17-9-6-4-8(5-7-9)11(14)10(12(15)18-2)13(16)19-3/h4-7,10H,1-3H3. The second-order valence-corrected chi connectivity index (χ2v) is 3.57. The molecule has 6 nitrogen and oxygen atoms in total. The van der Waals surface area contributed by atoms with E-state index in [0.717, 1.165) is 14.2 Å². The van der Waals surface area contributed by atoms with Crippen molar-refractivity contribution in [1.29, 1.82) is 0 Å². The zero-order valence-corrected chi connectivity index (χ0v) is 10.8. The highest BCUT2D eigenvalue weighted by Gasteiger charge is 2.36. The fraction of sp³-hybridized carbons (Fsp3) is 0.308. The van der Waals surface area contributed by atoms with Crippen LogP contribution in [0.5, 0.6) is 5.75 Å². The third-order valence-electron chi connectivity index (χ3n) is 2.51. The Morgan fingerprint density at radius 1 is 0.895 bits per heavy atom. The van der Waals surface area contributed by atoms with E-state index in [1.807, 2.05) is 0 Å². The molecular weight excluding hydrogens is 252 g/mol. The number of ketones is 1. The first-order chi connectivity index (χ1) is 9.04. The van der Waals surface area contributed by atoms with Crippen molar-refractivity contribution in [3.63, 3.8) is 0 Å². The molecule has 0 spiro atoms. The van der Waals surface area contributed by atoms with Crippen molar-refractivity contribution in [3.8, 4) is 5.75 Å². The number of hydrogen-bond acceptors (Lipinski definition) is 6. The number of ether oxygens (including phenoxy) is 3.